The van der Waals surface area contributed by atoms with Gasteiger partial charge in [-0.25, -0.2) is 4.79 Å². The molecular weight excluding hydrogens is 390 g/mol. The fraction of sp³-hybridized carbons (Fsp3) is 0. The van der Waals surface area contributed by atoms with Crippen LogP contribution in [0.4, 0.5) is 0 Å². The van der Waals surface area contributed by atoms with Gasteiger partial charge in [-0.2, -0.15) is 0 Å². The van der Waals surface area contributed by atoms with E-state index >= 15 is 0 Å². The van der Waals surface area contributed by atoms with Gasteiger partial charge in [0.1, 0.15) is 11.5 Å². The van der Waals surface area contributed by atoms with Crippen LogP contribution in [0.2, 0.25) is 15.1 Å². The van der Waals surface area contributed by atoms with Gasteiger partial charge in [-0.1, -0.05) is 34.8 Å². The predicted octanol–water partition coefficient (Wildman–Crippen LogP) is 5.90. The minimum absolute atomic E-state index is 0.137. The first-order valence-electron chi connectivity index (χ1n) is 5.23. The van der Waals surface area contributed by atoms with Gasteiger partial charge < -0.3 is 9.84 Å². The fourth-order valence-electron chi connectivity index (χ4n) is 1.44. The molecule has 0 saturated heterocycles. The number of carbonyl (C=O) groups is 1. The van der Waals surface area contributed by atoms with E-state index in [1.54, 1.807) is 0 Å². The summed E-state index contributed by atoms with van der Waals surface area (Å²) in [7, 11) is 0. The second kappa shape index (κ2) is 6.22. The van der Waals surface area contributed by atoms with Crippen LogP contribution in [0.5, 0.6) is 11.5 Å². The zero-order chi connectivity index (χ0) is 14.9. The minimum Gasteiger partial charge on any atom is -0.478 e. The third kappa shape index (κ3) is 3.38. The Bertz CT molecular complexity index is 689. The van der Waals surface area contributed by atoms with Crippen molar-refractivity contribution in [1.82, 2.24) is 0 Å². The van der Waals surface area contributed by atoms with Crippen molar-refractivity contribution in [2.75, 3.05) is 0 Å². The number of aromatic carboxylic acids is 1. The van der Waals surface area contributed by atoms with Gasteiger partial charge in [0, 0.05) is 10.5 Å². The van der Waals surface area contributed by atoms with Crippen molar-refractivity contribution in [3.63, 3.8) is 0 Å². The Kier molecular flexibility index (Phi) is 4.81. The predicted molar refractivity (Wildman–Crippen MR) is 82.6 cm³/mol. The lowest BCUT2D eigenvalue weighted by atomic mass is 10.2. The number of hydrogen-bond acceptors (Lipinski definition) is 2. The fourth-order valence-corrected chi connectivity index (χ4v) is 2.55. The van der Waals surface area contributed by atoms with Crippen LogP contribution in [0.1, 0.15) is 10.4 Å². The van der Waals surface area contributed by atoms with Crippen LogP contribution < -0.4 is 4.74 Å². The average molecular weight is 396 g/mol. The van der Waals surface area contributed by atoms with Gasteiger partial charge in [-0.15, -0.1) is 0 Å². The van der Waals surface area contributed by atoms with Crippen LogP contribution in [-0.2, 0) is 0 Å². The molecule has 0 radical (unpaired) electrons. The Morgan fingerprint density at radius 3 is 2.30 bits per heavy atom. The second-order valence-corrected chi connectivity index (χ2v) is 5.82. The maximum Gasteiger partial charge on any atom is 0.336 e. The first kappa shape index (κ1) is 15.4. The second-order valence-electron chi connectivity index (χ2n) is 3.75. The summed E-state index contributed by atoms with van der Waals surface area (Å²) in [5.41, 5.74) is 0.137. The molecule has 2 aromatic carbocycles. The third-order valence-electron chi connectivity index (χ3n) is 2.37. The number of hydrogen-bond donors (Lipinski definition) is 1. The number of carboxylic acid groups (broad SMARTS) is 1. The van der Waals surface area contributed by atoms with Crippen LogP contribution in [0.25, 0.3) is 0 Å². The molecule has 0 aromatic heterocycles. The van der Waals surface area contributed by atoms with E-state index in [9.17, 15) is 4.79 Å². The van der Waals surface area contributed by atoms with Crippen LogP contribution >= 0.6 is 50.7 Å². The van der Waals surface area contributed by atoms with E-state index in [0.29, 0.717) is 31.0 Å². The van der Waals surface area contributed by atoms with Crippen LogP contribution in [0, 0.1) is 0 Å². The van der Waals surface area contributed by atoms with Gasteiger partial charge in [0.05, 0.1) is 20.6 Å². The Balaban J connectivity index is 2.33. The third-order valence-corrected chi connectivity index (χ3v) is 4.05. The molecule has 2 rings (SSSR count). The molecule has 0 aliphatic heterocycles. The number of ether oxygens (including phenoxy) is 1. The number of benzene rings is 2. The summed E-state index contributed by atoms with van der Waals surface area (Å²) >= 11 is 20.9. The summed E-state index contributed by atoms with van der Waals surface area (Å²) in [6, 6.07) is 7.44. The molecule has 0 bridgehead atoms. The highest BCUT2D eigenvalue weighted by Crippen LogP contribution is 2.37. The highest BCUT2D eigenvalue weighted by molar-refractivity contribution is 9.10. The molecule has 104 valence electrons. The van der Waals surface area contributed by atoms with Gasteiger partial charge in [-0.3, -0.25) is 0 Å². The lowest BCUT2D eigenvalue weighted by Crippen LogP contribution is -1.97. The molecule has 0 amide bonds. The molecule has 0 fully saturated rings. The molecule has 0 aliphatic rings. The first-order chi connectivity index (χ1) is 9.38. The number of rotatable bonds is 3. The van der Waals surface area contributed by atoms with Gasteiger partial charge in [0.2, 0.25) is 0 Å². The van der Waals surface area contributed by atoms with Crippen LogP contribution in [0.3, 0.4) is 0 Å². The van der Waals surface area contributed by atoms with E-state index in [-0.39, 0.29) is 5.56 Å². The lowest BCUT2D eigenvalue weighted by molar-refractivity contribution is 0.0696. The Labute approximate surface area is 138 Å². The molecule has 20 heavy (non-hydrogen) atoms. The molecule has 0 atom stereocenters. The monoisotopic (exact) mass is 394 g/mol. The van der Waals surface area contributed by atoms with E-state index in [0.717, 1.165) is 0 Å². The normalized spacial score (nSPS) is 10.4. The van der Waals surface area contributed by atoms with Crippen molar-refractivity contribution in [2.45, 2.75) is 0 Å². The van der Waals surface area contributed by atoms with Crippen molar-refractivity contribution in [3.8, 4) is 11.5 Å². The largest absolute Gasteiger partial charge is 0.478 e. The highest BCUT2D eigenvalue weighted by atomic mass is 79.9. The van der Waals surface area contributed by atoms with Crippen molar-refractivity contribution < 1.29 is 14.6 Å². The van der Waals surface area contributed by atoms with Gasteiger partial charge in [0.25, 0.3) is 0 Å². The van der Waals surface area contributed by atoms with Gasteiger partial charge in [0.15, 0.2) is 0 Å². The summed E-state index contributed by atoms with van der Waals surface area (Å²) < 4.78 is 5.96. The number of carboxylic acids is 1. The maximum atomic E-state index is 10.9. The maximum absolute atomic E-state index is 10.9. The standard InChI is InChI=1S/C13H6BrCl3O3/c14-8-3-6(1-2-7(8)13(18)19)20-12-5-10(16)9(15)4-11(12)17/h1-5H,(H,18,19). The van der Waals surface area contributed by atoms with Crippen LogP contribution in [0.15, 0.2) is 34.8 Å². The van der Waals surface area contributed by atoms with Crippen molar-refractivity contribution in [3.05, 3.63) is 55.4 Å². The topological polar surface area (TPSA) is 46.5 Å². The molecule has 0 spiro atoms. The summed E-state index contributed by atoms with van der Waals surface area (Å²) in [5, 5.41) is 9.87. The molecule has 0 unspecified atom stereocenters. The van der Waals surface area contributed by atoms with E-state index in [4.69, 9.17) is 44.6 Å². The van der Waals surface area contributed by atoms with E-state index in [1.807, 2.05) is 0 Å². The van der Waals surface area contributed by atoms with E-state index < -0.39 is 5.97 Å². The van der Waals surface area contributed by atoms with Crippen molar-refractivity contribution in [2.24, 2.45) is 0 Å². The summed E-state index contributed by atoms with van der Waals surface area (Å²) in [6.45, 7) is 0. The molecule has 2 aromatic rings. The van der Waals surface area contributed by atoms with E-state index in [1.165, 1.54) is 30.3 Å². The van der Waals surface area contributed by atoms with E-state index in [2.05, 4.69) is 15.9 Å². The minimum atomic E-state index is -1.03. The smallest absolute Gasteiger partial charge is 0.336 e. The molecule has 3 nitrogen and oxygen atoms in total. The van der Waals surface area contributed by atoms with Gasteiger partial charge in [-0.05, 0) is 40.2 Å². The number of halogens is 4. The van der Waals surface area contributed by atoms with Crippen molar-refractivity contribution >= 4 is 56.7 Å². The highest BCUT2D eigenvalue weighted by Gasteiger charge is 2.12. The summed E-state index contributed by atoms with van der Waals surface area (Å²) in [4.78, 5) is 10.9. The van der Waals surface area contributed by atoms with Crippen molar-refractivity contribution in [1.29, 1.82) is 0 Å². The Morgan fingerprint density at radius 2 is 1.70 bits per heavy atom. The molecule has 0 saturated carbocycles. The quantitative estimate of drug-likeness (QED) is 0.657. The lowest BCUT2D eigenvalue weighted by Gasteiger charge is -2.10. The SMILES string of the molecule is O=C(O)c1ccc(Oc2cc(Cl)c(Cl)cc2Cl)cc1Br. The molecule has 7 heteroatoms. The zero-order valence-corrected chi connectivity index (χ0v) is 13.5. The molecule has 0 heterocycles. The van der Waals surface area contributed by atoms with Gasteiger partial charge >= 0.3 is 5.97 Å². The Hall–Kier alpha value is -0.940. The average Bonchev–Trinajstić information content (AvgIpc) is 2.35. The van der Waals surface area contributed by atoms with Crippen LogP contribution in [-0.4, -0.2) is 11.1 Å². The zero-order valence-electron chi connectivity index (χ0n) is 9.66. The Morgan fingerprint density at radius 1 is 1.05 bits per heavy atom. The first-order valence-corrected chi connectivity index (χ1v) is 7.16. The summed E-state index contributed by atoms with van der Waals surface area (Å²) in [6.07, 6.45) is 0. The molecule has 1 N–H and O–H groups in total. The molecule has 0 aliphatic carbocycles. The summed E-state index contributed by atoms with van der Waals surface area (Å²) in [5.74, 6) is -0.283. The molecular formula is C13H6BrCl3O3.